The molecule has 0 bridgehead atoms. The summed E-state index contributed by atoms with van der Waals surface area (Å²) in [6.07, 6.45) is 3.53. The van der Waals surface area contributed by atoms with Crippen LogP contribution in [0.3, 0.4) is 0 Å². The fraction of sp³-hybridized carbons (Fsp3) is 0.0370. The number of aromatic nitrogens is 1. The smallest absolute Gasteiger partial charge is 0.335 e. The molecule has 1 aromatic heterocycles. The average Bonchev–Trinajstić information content (AvgIpc) is 2.94. The van der Waals surface area contributed by atoms with E-state index in [1.165, 1.54) is 37.5 Å². The van der Waals surface area contributed by atoms with Crippen molar-refractivity contribution in [2.75, 3.05) is 7.11 Å². The van der Waals surface area contributed by atoms with Gasteiger partial charge in [0.1, 0.15) is 11.6 Å². The Bertz CT molecular complexity index is 1710. The minimum Gasteiger partial charge on any atom is -0.493 e. The lowest BCUT2D eigenvalue weighted by Crippen LogP contribution is -2.21. The lowest BCUT2D eigenvalue weighted by molar-refractivity contribution is -0.113. The number of ether oxygens (including phenoxy) is 4. The van der Waals surface area contributed by atoms with E-state index >= 15 is 8.78 Å². The molecule has 0 saturated carbocycles. The van der Waals surface area contributed by atoms with E-state index in [-0.39, 0.29) is 45.9 Å². The van der Waals surface area contributed by atoms with Gasteiger partial charge in [0.15, 0.2) is 23.2 Å². The fourth-order valence-corrected chi connectivity index (χ4v) is 3.45. The number of carboxylic acid groups (broad SMARTS) is 1. The van der Waals surface area contributed by atoms with Gasteiger partial charge in [-0.1, -0.05) is 6.07 Å². The molecule has 9 N–H and O–H groups in total. The maximum Gasteiger partial charge on any atom is 0.335 e. The van der Waals surface area contributed by atoms with Gasteiger partial charge in [-0.3, -0.25) is 4.79 Å². The monoisotopic (exact) mass is 580 g/mol. The Hall–Kier alpha value is -6.12. The highest BCUT2D eigenvalue weighted by Gasteiger charge is 2.28. The average molecular weight is 581 g/mol. The van der Waals surface area contributed by atoms with Crippen molar-refractivity contribution >= 4 is 23.4 Å². The molecule has 1 aliphatic carbocycles. The summed E-state index contributed by atoms with van der Waals surface area (Å²) in [6.45, 7) is 0. The number of benzene rings is 2. The molecule has 0 atom stereocenters. The van der Waals surface area contributed by atoms with Crippen LogP contribution in [0.5, 0.6) is 34.8 Å². The largest absolute Gasteiger partial charge is 0.493 e. The van der Waals surface area contributed by atoms with Crippen molar-refractivity contribution < 1.29 is 42.4 Å². The molecule has 42 heavy (non-hydrogen) atoms. The Balaban J connectivity index is 1.83. The molecule has 1 aliphatic rings. The Morgan fingerprint density at radius 2 is 1.64 bits per heavy atom. The summed E-state index contributed by atoms with van der Waals surface area (Å²) in [6, 6.07) is 9.10. The molecule has 0 fully saturated rings. The summed E-state index contributed by atoms with van der Waals surface area (Å²) >= 11 is 0. The van der Waals surface area contributed by atoms with Gasteiger partial charge in [-0.15, -0.1) is 0 Å². The quantitative estimate of drug-likeness (QED) is 0.182. The molecule has 13 nitrogen and oxygen atoms in total. The molecule has 15 heteroatoms. The number of rotatable bonds is 9. The topological polar surface area (TPSA) is 221 Å². The summed E-state index contributed by atoms with van der Waals surface area (Å²) in [5.74, 6) is -9.03. The number of pyridine rings is 1. The van der Waals surface area contributed by atoms with E-state index in [9.17, 15) is 14.7 Å². The van der Waals surface area contributed by atoms with Crippen molar-refractivity contribution in [3.05, 3.63) is 95.0 Å². The number of methoxy groups -OCH3 is 1. The SMILES string of the molecule is COc1cc(C(=O)O)ccc1Oc1c(F)c(OC2=CC(=C(N)N)C=CC2=O)nc(Oc2cccc(N=C(N)N)c2)c1F. The van der Waals surface area contributed by atoms with Crippen molar-refractivity contribution in [1.29, 1.82) is 0 Å². The third-order valence-electron chi connectivity index (χ3n) is 5.37. The fourth-order valence-electron chi connectivity index (χ4n) is 3.45. The van der Waals surface area contributed by atoms with Crippen LogP contribution in [0.4, 0.5) is 14.5 Å². The van der Waals surface area contributed by atoms with Gasteiger partial charge in [0.05, 0.1) is 18.4 Å². The van der Waals surface area contributed by atoms with Crippen molar-refractivity contribution in [1.82, 2.24) is 4.98 Å². The standard InChI is InChI=1S/C27H22F2N6O7/c1-39-19-10-13(26(37)38)6-8-17(19)41-22-20(28)24(40-15-4-2-3-14(11-15)34-27(32)33)35-25(21(22)29)42-18-9-12(23(30)31)5-7-16(18)36/h2-11H,30-31H2,1H3,(H,37,38)(H4,32,33,34). The van der Waals surface area contributed by atoms with Crippen molar-refractivity contribution in [2.45, 2.75) is 0 Å². The van der Waals surface area contributed by atoms with Gasteiger partial charge < -0.3 is 47.0 Å². The van der Waals surface area contributed by atoms with E-state index in [4.69, 9.17) is 41.9 Å². The number of nitrogens with two attached hydrogens (primary N) is 4. The number of halogens is 2. The van der Waals surface area contributed by atoms with Crippen molar-refractivity contribution in [3.63, 3.8) is 0 Å². The number of carbonyl (C=O) groups is 2. The maximum atomic E-state index is 15.7. The first kappa shape index (κ1) is 28.9. The number of aromatic carboxylic acids is 1. The first-order valence-corrected chi connectivity index (χ1v) is 11.7. The zero-order chi connectivity index (χ0) is 30.6. The Kier molecular flexibility index (Phi) is 8.22. The molecule has 0 saturated heterocycles. The summed E-state index contributed by atoms with van der Waals surface area (Å²) in [4.78, 5) is 31.4. The van der Waals surface area contributed by atoms with Gasteiger partial charge in [0.25, 0.3) is 11.8 Å². The van der Waals surface area contributed by atoms with Crippen molar-refractivity contribution in [3.8, 4) is 34.8 Å². The number of hydrogen-bond donors (Lipinski definition) is 5. The van der Waals surface area contributed by atoms with Crippen LogP contribution in [0.15, 0.2) is 82.8 Å². The van der Waals surface area contributed by atoms with Crippen LogP contribution in [0.2, 0.25) is 0 Å². The minimum absolute atomic E-state index is 0.0205. The Morgan fingerprint density at radius 1 is 0.929 bits per heavy atom. The van der Waals surface area contributed by atoms with Gasteiger partial charge in [-0.05, 0) is 48.6 Å². The van der Waals surface area contributed by atoms with Crippen LogP contribution in [-0.2, 0) is 4.79 Å². The predicted molar refractivity (Wildman–Crippen MR) is 144 cm³/mol. The first-order chi connectivity index (χ1) is 20.0. The highest BCUT2D eigenvalue weighted by Crippen LogP contribution is 2.41. The highest BCUT2D eigenvalue weighted by atomic mass is 19.1. The van der Waals surface area contributed by atoms with E-state index in [1.807, 2.05) is 0 Å². The van der Waals surface area contributed by atoms with Crippen LogP contribution in [0.1, 0.15) is 10.4 Å². The summed E-state index contributed by atoms with van der Waals surface area (Å²) in [7, 11) is 1.20. The molecular weight excluding hydrogens is 558 g/mol. The van der Waals surface area contributed by atoms with Crippen LogP contribution in [0.25, 0.3) is 0 Å². The molecule has 4 rings (SSSR count). The molecule has 0 spiro atoms. The third-order valence-corrected chi connectivity index (χ3v) is 5.37. The number of hydrogen-bond acceptors (Lipinski definition) is 10. The predicted octanol–water partition coefficient (Wildman–Crippen LogP) is 3.09. The maximum absolute atomic E-state index is 15.7. The number of nitrogens with zero attached hydrogens (tertiary/aromatic N) is 2. The lowest BCUT2D eigenvalue weighted by atomic mass is 10.1. The Morgan fingerprint density at radius 3 is 2.29 bits per heavy atom. The van der Waals surface area contributed by atoms with Crippen LogP contribution >= 0.6 is 0 Å². The number of aliphatic imine (C=N–C) groups is 1. The summed E-state index contributed by atoms with van der Waals surface area (Å²) < 4.78 is 53.0. The molecule has 1 heterocycles. The normalized spacial score (nSPS) is 12.3. The van der Waals surface area contributed by atoms with E-state index in [0.29, 0.717) is 0 Å². The number of ketones is 1. The van der Waals surface area contributed by atoms with Gasteiger partial charge in [-0.25, -0.2) is 9.79 Å². The molecule has 3 aromatic rings. The number of carbonyl (C=O) groups excluding carboxylic acids is 1. The summed E-state index contributed by atoms with van der Waals surface area (Å²) in [5.41, 5.74) is 22.2. The lowest BCUT2D eigenvalue weighted by Gasteiger charge is -2.17. The van der Waals surface area contributed by atoms with Crippen molar-refractivity contribution in [2.24, 2.45) is 27.9 Å². The molecule has 2 aromatic carbocycles. The third kappa shape index (κ3) is 6.36. The van der Waals surface area contributed by atoms with E-state index in [2.05, 4.69) is 9.98 Å². The molecule has 0 amide bonds. The zero-order valence-electron chi connectivity index (χ0n) is 21.6. The number of allylic oxidation sites excluding steroid dienone is 4. The van der Waals surface area contributed by atoms with Gasteiger partial charge in [0.2, 0.25) is 23.2 Å². The zero-order valence-corrected chi connectivity index (χ0v) is 21.6. The van der Waals surface area contributed by atoms with Crippen LogP contribution in [0, 0.1) is 11.6 Å². The second-order valence-electron chi connectivity index (χ2n) is 8.31. The second kappa shape index (κ2) is 12.0. The van der Waals surface area contributed by atoms with Gasteiger partial charge in [-0.2, -0.15) is 13.8 Å². The minimum atomic E-state index is -1.48. The van der Waals surface area contributed by atoms with Gasteiger partial charge in [0, 0.05) is 11.6 Å². The van der Waals surface area contributed by atoms with Crippen LogP contribution < -0.4 is 41.9 Å². The van der Waals surface area contributed by atoms with E-state index < -0.39 is 46.7 Å². The highest BCUT2D eigenvalue weighted by molar-refractivity contribution is 6.04. The molecule has 216 valence electrons. The molecule has 0 unspecified atom stereocenters. The Labute approximate surface area is 235 Å². The van der Waals surface area contributed by atoms with E-state index in [1.54, 1.807) is 0 Å². The second-order valence-corrected chi connectivity index (χ2v) is 8.31. The number of carboxylic acids is 1. The van der Waals surface area contributed by atoms with Crippen LogP contribution in [-0.4, -0.2) is 34.9 Å². The molecule has 0 aliphatic heterocycles. The first-order valence-electron chi connectivity index (χ1n) is 11.7. The molecular formula is C27H22F2N6O7. The van der Waals surface area contributed by atoms with Gasteiger partial charge >= 0.3 is 5.97 Å². The number of guanidine groups is 1. The van der Waals surface area contributed by atoms with E-state index in [0.717, 1.165) is 30.4 Å². The molecule has 0 radical (unpaired) electrons. The summed E-state index contributed by atoms with van der Waals surface area (Å²) in [5, 5.41) is 9.25.